The van der Waals surface area contributed by atoms with E-state index in [9.17, 15) is 8.78 Å². The second-order valence-electron chi connectivity index (χ2n) is 5.30. The summed E-state index contributed by atoms with van der Waals surface area (Å²) < 4.78 is 26.6. The van der Waals surface area contributed by atoms with Crippen molar-refractivity contribution in [3.05, 3.63) is 34.3 Å². The standard InChI is InChI=1S/C14H18ClF2N/c1-10-2-3-11(8-12(10)15)13(9-18)4-6-14(16,17)7-5-13/h2-3,8H,4-7,9,18H2,1H3. The van der Waals surface area contributed by atoms with Crippen molar-refractivity contribution in [2.24, 2.45) is 5.73 Å². The van der Waals surface area contributed by atoms with E-state index in [1.807, 2.05) is 25.1 Å². The average molecular weight is 274 g/mol. The molecule has 0 heterocycles. The van der Waals surface area contributed by atoms with Gasteiger partial charge in [-0.3, -0.25) is 0 Å². The summed E-state index contributed by atoms with van der Waals surface area (Å²) in [6.45, 7) is 2.32. The Hall–Kier alpha value is -0.670. The Balaban J connectivity index is 2.30. The predicted molar refractivity (Wildman–Crippen MR) is 70.3 cm³/mol. The Kier molecular flexibility index (Phi) is 3.65. The number of benzene rings is 1. The smallest absolute Gasteiger partial charge is 0.248 e. The van der Waals surface area contributed by atoms with Gasteiger partial charge in [0, 0.05) is 29.8 Å². The molecule has 0 aromatic heterocycles. The van der Waals surface area contributed by atoms with Crippen molar-refractivity contribution in [1.29, 1.82) is 0 Å². The summed E-state index contributed by atoms with van der Waals surface area (Å²) in [6.07, 6.45) is 0.678. The van der Waals surface area contributed by atoms with Crippen LogP contribution < -0.4 is 5.73 Å². The first-order valence-corrected chi connectivity index (χ1v) is 6.61. The van der Waals surface area contributed by atoms with Crippen molar-refractivity contribution in [1.82, 2.24) is 0 Å². The van der Waals surface area contributed by atoms with E-state index in [4.69, 9.17) is 17.3 Å². The Morgan fingerprint density at radius 1 is 1.22 bits per heavy atom. The van der Waals surface area contributed by atoms with Crippen LogP contribution in [0.5, 0.6) is 0 Å². The van der Waals surface area contributed by atoms with E-state index < -0.39 is 5.92 Å². The van der Waals surface area contributed by atoms with Gasteiger partial charge in [0.05, 0.1) is 0 Å². The summed E-state index contributed by atoms with van der Waals surface area (Å²) >= 11 is 6.12. The van der Waals surface area contributed by atoms with E-state index in [0.29, 0.717) is 24.4 Å². The second kappa shape index (κ2) is 4.78. The van der Waals surface area contributed by atoms with Crippen LogP contribution in [0.1, 0.15) is 36.8 Å². The quantitative estimate of drug-likeness (QED) is 0.864. The molecule has 2 N–H and O–H groups in total. The minimum Gasteiger partial charge on any atom is -0.330 e. The Bertz CT molecular complexity index is 435. The fourth-order valence-electron chi connectivity index (χ4n) is 2.63. The third-order valence-corrected chi connectivity index (χ3v) is 4.52. The number of rotatable bonds is 2. The van der Waals surface area contributed by atoms with Gasteiger partial charge in [0.2, 0.25) is 5.92 Å². The molecule has 2 rings (SSSR count). The van der Waals surface area contributed by atoms with Gasteiger partial charge in [-0.2, -0.15) is 0 Å². The highest BCUT2D eigenvalue weighted by molar-refractivity contribution is 6.31. The van der Waals surface area contributed by atoms with E-state index in [2.05, 4.69) is 0 Å². The molecule has 1 aliphatic rings. The minimum absolute atomic E-state index is 0.0876. The number of alkyl halides is 2. The van der Waals surface area contributed by atoms with Gasteiger partial charge in [0.1, 0.15) is 0 Å². The zero-order chi connectivity index (χ0) is 13.4. The fraction of sp³-hybridized carbons (Fsp3) is 0.571. The predicted octanol–water partition coefficient (Wildman–Crippen LogP) is 4.05. The lowest BCUT2D eigenvalue weighted by molar-refractivity contribution is -0.0509. The zero-order valence-electron chi connectivity index (χ0n) is 10.5. The summed E-state index contributed by atoms with van der Waals surface area (Å²) in [5, 5.41) is 0.678. The molecule has 0 aliphatic heterocycles. The molecular weight excluding hydrogens is 256 g/mol. The van der Waals surface area contributed by atoms with Crippen molar-refractivity contribution in [3.8, 4) is 0 Å². The monoisotopic (exact) mass is 273 g/mol. The van der Waals surface area contributed by atoms with Gasteiger partial charge in [-0.05, 0) is 37.0 Å². The minimum atomic E-state index is -2.53. The van der Waals surface area contributed by atoms with E-state index in [-0.39, 0.29) is 18.3 Å². The molecule has 4 heteroatoms. The summed E-state index contributed by atoms with van der Waals surface area (Å²) in [4.78, 5) is 0. The molecule has 1 fully saturated rings. The lowest BCUT2D eigenvalue weighted by atomic mass is 9.68. The molecule has 0 amide bonds. The second-order valence-corrected chi connectivity index (χ2v) is 5.71. The average Bonchev–Trinajstić information content (AvgIpc) is 2.34. The van der Waals surface area contributed by atoms with Crippen molar-refractivity contribution in [3.63, 3.8) is 0 Å². The van der Waals surface area contributed by atoms with Crippen LogP contribution in [0.3, 0.4) is 0 Å². The van der Waals surface area contributed by atoms with Gasteiger partial charge in [0.25, 0.3) is 0 Å². The zero-order valence-corrected chi connectivity index (χ0v) is 11.2. The van der Waals surface area contributed by atoms with Gasteiger partial charge >= 0.3 is 0 Å². The van der Waals surface area contributed by atoms with Gasteiger partial charge in [-0.25, -0.2) is 8.78 Å². The van der Waals surface area contributed by atoms with Crippen LogP contribution in [0.15, 0.2) is 18.2 Å². The van der Waals surface area contributed by atoms with Crippen molar-refractivity contribution in [2.75, 3.05) is 6.54 Å². The molecule has 1 aliphatic carbocycles. The first-order valence-electron chi connectivity index (χ1n) is 6.23. The topological polar surface area (TPSA) is 26.0 Å². The number of halogens is 3. The van der Waals surface area contributed by atoms with Crippen LogP contribution in [0.25, 0.3) is 0 Å². The van der Waals surface area contributed by atoms with E-state index in [0.717, 1.165) is 11.1 Å². The summed E-state index contributed by atoms with van der Waals surface area (Å²) in [7, 11) is 0. The van der Waals surface area contributed by atoms with Gasteiger partial charge in [-0.1, -0.05) is 23.7 Å². The summed E-state index contributed by atoms with van der Waals surface area (Å²) in [6, 6.07) is 5.78. The van der Waals surface area contributed by atoms with Gasteiger partial charge < -0.3 is 5.73 Å². The molecule has 1 saturated carbocycles. The van der Waals surface area contributed by atoms with Gasteiger partial charge in [-0.15, -0.1) is 0 Å². The summed E-state index contributed by atoms with van der Waals surface area (Å²) in [5.41, 5.74) is 7.52. The first kappa shape index (κ1) is 13.8. The Morgan fingerprint density at radius 2 is 1.83 bits per heavy atom. The highest BCUT2D eigenvalue weighted by Gasteiger charge is 2.43. The van der Waals surface area contributed by atoms with E-state index >= 15 is 0 Å². The number of hydrogen-bond donors (Lipinski definition) is 1. The van der Waals surface area contributed by atoms with Crippen LogP contribution in [-0.2, 0) is 5.41 Å². The molecule has 1 aromatic rings. The molecule has 18 heavy (non-hydrogen) atoms. The summed E-state index contributed by atoms with van der Waals surface area (Å²) in [5.74, 6) is -2.53. The Labute approximate surface area is 111 Å². The third-order valence-electron chi connectivity index (χ3n) is 4.11. The Morgan fingerprint density at radius 3 is 2.33 bits per heavy atom. The SMILES string of the molecule is Cc1ccc(C2(CN)CCC(F)(F)CC2)cc1Cl. The van der Waals surface area contributed by atoms with Crippen LogP contribution in [0, 0.1) is 6.92 Å². The maximum atomic E-state index is 13.3. The molecule has 0 atom stereocenters. The van der Waals surface area contributed by atoms with Crippen LogP contribution in [0.2, 0.25) is 5.02 Å². The van der Waals surface area contributed by atoms with E-state index in [1.165, 1.54) is 0 Å². The number of hydrogen-bond acceptors (Lipinski definition) is 1. The van der Waals surface area contributed by atoms with Crippen LogP contribution in [-0.4, -0.2) is 12.5 Å². The molecule has 0 spiro atoms. The molecule has 1 nitrogen and oxygen atoms in total. The fourth-order valence-corrected chi connectivity index (χ4v) is 2.81. The van der Waals surface area contributed by atoms with Crippen molar-refractivity contribution >= 4 is 11.6 Å². The number of aryl methyl sites for hydroxylation is 1. The lowest BCUT2D eigenvalue weighted by Crippen LogP contribution is -2.42. The maximum Gasteiger partial charge on any atom is 0.248 e. The molecule has 0 saturated heterocycles. The van der Waals surface area contributed by atoms with Crippen LogP contribution in [0.4, 0.5) is 8.78 Å². The largest absolute Gasteiger partial charge is 0.330 e. The molecule has 0 unspecified atom stereocenters. The van der Waals surface area contributed by atoms with Crippen molar-refractivity contribution < 1.29 is 8.78 Å². The maximum absolute atomic E-state index is 13.3. The van der Waals surface area contributed by atoms with Crippen molar-refractivity contribution in [2.45, 2.75) is 43.9 Å². The molecule has 0 radical (unpaired) electrons. The highest BCUT2D eigenvalue weighted by atomic mass is 35.5. The van der Waals surface area contributed by atoms with Gasteiger partial charge in [0.15, 0.2) is 0 Å². The molecule has 1 aromatic carbocycles. The molecule has 0 bridgehead atoms. The van der Waals surface area contributed by atoms with E-state index in [1.54, 1.807) is 0 Å². The molecular formula is C14H18ClF2N. The first-order chi connectivity index (χ1) is 8.38. The normalized spacial score (nSPS) is 21.8. The number of nitrogens with two attached hydrogens (primary N) is 1. The third kappa shape index (κ3) is 2.52. The highest BCUT2D eigenvalue weighted by Crippen LogP contribution is 2.45. The lowest BCUT2D eigenvalue weighted by Gasteiger charge is -2.40. The van der Waals surface area contributed by atoms with Crippen LogP contribution >= 0.6 is 11.6 Å². The molecule has 100 valence electrons.